The molecule has 0 amide bonds. The lowest BCUT2D eigenvalue weighted by Gasteiger charge is -2.27. The van der Waals surface area contributed by atoms with E-state index in [4.69, 9.17) is 5.73 Å². The van der Waals surface area contributed by atoms with Gasteiger partial charge in [0.25, 0.3) is 0 Å². The van der Waals surface area contributed by atoms with Crippen molar-refractivity contribution in [3.05, 3.63) is 77.4 Å². The quantitative estimate of drug-likeness (QED) is 0.478. The zero-order valence-corrected chi connectivity index (χ0v) is 16.4. The topological polar surface area (TPSA) is 60.2 Å². The number of hydrogen-bond donors (Lipinski definition) is 1. The summed E-state index contributed by atoms with van der Waals surface area (Å²) in [5.41, 5.74) is 12.4. The first-order valence-corrected chi connectivity index (χ1v) is 9.56. The molecule has 0 radical (unpaired) electrons. The Morgan fingerprint density at radius 3 is 2.11 bits per heavy atom. The predicted octanol–water partition coefficient (Wildman–Crippen LogP) is 5.67. The van der Waals surface area contributed by atoms with Gasteiger partial charge in [-0.25, -0.2) is 0 Å². The van der Waals surface area contributed by atoms with Crippen molar-refractivity contribution in [1.82, 2.24) is 0 Å². The summed E-state index contributed by atoms with van der Waals surface area (Å²) in [6, 6.07) is 19.0. The molecule has 3 heteroatoms. The van der Waals surface area contributed by atoms with E-state index in [2.05, 4.69) is 26.8 Å². The zero-order valence-electron chi connectivity index (χ0n) is 16.4. The van der Waals surface area contributed by atoms with E-state index in [1.165, 1.54) is 5.56 Å². The largest absolute Gasteiger partial charge is 0.399 e. The molecule has 0 aliphatic heterocycles. The van der Waals surface area contributed by atoms with Crippen LogP contribution in [0, 0.1) is 0 Å². The molecule has 0 atom stereocenters. The lowest BCUT2D eigenvalue weighted by Crippen LogP contribution is -2.21. The van der Waals surface area contributed by atoms with Crippen LogP contribution in [0.3, 0.4) is 0 Å². The molecule has 0 spiro atoms. The van der Waals surface area contributed by atoms with E-state index in [-0.39, 0.29) is 5.41 Å². The van der Waals surface area contributed by atoms with Crippen LogP contribution in [0.15, 0.2) is 60.7 Å². The zero-order chi connectivity index (χ0) is 20.1. The summed E-state index contributed by atoms with van der Waals surface area (Å²) in [4.78, 5) is 25.4. The molecule has 28 heavy (non-hydrogen) atoms. The fourth-order valence-corrected chi connectivity index (χ4v) is 3.88. The van der Waals surface area contributed by atoms with Gasteiger partial charge in [0.2, 0.25) is 11.6 Å². The highest BCUT2D eigenvalue weighted by Crippen LogP contribution is 2.40. The van der Waals surface area contributed by atoms with Crippen molar-refractivity contribution >= 4 is 17.3 Å². The molecule has 1 aliphatic rings. The number of ketones is 2. The second kappa shape index (κ2) is 6.45. The average Bonchev–Trinajstić information content (AvgIpc) is 2.71. The van der Waals surface area contributed by atoms with Crippen molar-refractivity contribution in [2.24, 2.45) is 0 Å². The van der Waals surface area contributed by atoms with Crippen LogP contribution in [0.2, 0.25) is 0 Å². The molecule has 3 nitrogen and oxygen atoms in total. The standard InChI is InChI=1S/C25H23NO2/c1-4-25(2,3)22-12-10-16(26)14-20(22)15-9-11-18-17-7-5-6-8-19(17)23(27)24(28)21(18)13-15/h5-14H,4,26H2,1-3H3. The van der Waals surface area contributed by atoms with Gasteiger partial charge in [-0.15, -0.1) is 0 Å². The van der Waals surface area contributed by atoms with Crippen molar-refractivity contribution in [1.29, 1.82) is 0 Å². The summed E-state index contributed by atoms with van der Waals surface area (Å²) < 4.78 is 0. The summed E-state index contributed by atoms with van der Waals surface area (Å²) in [5, 5.41) is 0. The van der Waals surface area contributed by atoms with Crippen molar-refractivity contribution in [2.45, 2.75) is 32.6 Å². The maximum atomic E-state index is 12.8. The van der Waals surface area contributed by atoms with Crippen LogP contribution in [0.5, 0.6) is 0 Å². The van der Waals surface area contributed by atoms with Crippen molar-refractivity contribution in [3.8, 4) is 22.3 Å². The molecule has 0 bridgehead atoms. The monoisotopic (exact) mass is 369 g/mol. The summed E-state index contributed by atoms with van der Waals surface area (Å²) in [7, 11) is 0. The van der Waals surface area contributed by atoms with Crippen LogP contribution in [0.4, 0.5) is 5.69 Å². The molecule has 3 aromatic carbocycles. The summed E-state index contributed by atoms with van der Waals surface area (Å²) in [6.07, 6.45) is 0.972. The van der Waals surface area contributed by atoms with Crippen LogP contribution in [0.1, 0.15) is 53.5 Å². The van der Waals surface area contributed by atoms with Crippen molar-refractivity contribution < 1.29 is 9.59 Å². The van der Waals surface area contributed by atoms with E-state index in [0.717, 1.165) is 28.7 Å². The highest BCUT2D eigenvalue weighted by molar-refractivity contribution is 6.53. The first kappa shape index (κ1) is 18.2. The van der Waals surface area contributed by atoms with Crippen molar-refractivity contribution in [2.75, 3.05) is 5.73 Å². The molecule has 0 aromatic heterocycles. The Labute approximate surface area is 165 Å². The fraction of sp³-hybridized carbons (Fsp3) is 0.200. The van der Waals surface area contributed by atoms with Crippen LogP contribution in [-0.2, 0) is 5.41 Å². The van der Waals surface area contributed by atoms with E-state index in [1.54, 1.807) is 12.1 Å². The highest BCUT2D eigenvalue weighted by Gasteiger charge is 2.31. The van der Waals surface area contributed by atoms with Crippen LogP contribution in [0.25, 0.3) is 22.3 Å². The predicted molar refractivity (Wildman–Crippen MR) is 114 cm³/mol. The minimum Gasteiger partial charge on any atom is -0.399 e. The number of carbonyl (C=O) groups excluding carboxylic acids is 2. The second-order valence-electron chi connectivity index (χ2n) is 8.01. The van der Waals surface area contributed by atoms with Crippen molar-refractivity contribution in [3.63, 3.8) is 0 Å². The van der Waals surface area contributed by atoms with Gasteiger partial charge in [0, 0.05) is 16.8 Å². The molecule has 0 saturated carbocycles. The van der Waals surface area contributed by atoms with E-state index in [0.29, 0.717) is 16.8 Å². The molecular formula is C25H23NO2. The van der Waals surface area contributed by atoms with Crippen LogP contribution in [-0.4, -0.2) is 11.6 Å². The van der Waals surface area contributed by atoms with E-state index < -0.39 is 11.6 Å². The molecule has 0 saturated heterocycles. The third-order valence-electron chi connectivity index (χ3n) is 5.90. The van der Waals surface area contributed by atoms with Gasteiger partial charge in [-0.2, -0.15) is 0 Å². The SMILES string of the molecule is CCC(C)(C)c1ccc(N)cc1-c1ccc2c(c1)C(=O)C(=O)c1ccccc1-2. The number of benzene rings is 3. The van der Waals surface area contributed by atoms with Gasteiger partial charge < -0.3 is 5.73 Å². The third kappa shape index (κ3) is 2.75. The summed E-state index contributed by atoms with van der Waals surface area (Å²) in [5.74, 6) is -0.891. The smallest absolute Gasteiger partial charge is 0.234 e. The first-order chi connectivity index (χ1) is 13.3. The van der Waals surface area contributed by atoms with Gasteiger partial charge in [0.1, 0.15) is 0 Å². The summed E-state index contributed by atoms with van der Waals surface area (Å²) in [6.45, 7) is 6.56. The van der Waals surface area contributed by atoms with Gasteiger partial charge in [-0.1, -0.05) is 63.2 Å². The Hall–Kier alpha value is -3.20. The molecule has 3 aromatic rings. The van der Waals surface area contributed by atoms with E-state index in [1.807, 2.05) is 42.5 Å². The number of rotatable bonds is 3. The number of carbonyl (C=O) groups is 2. The molecule has 0 fully saturated rings. The van der Waals surface area contributed by atoms with Gasteiger partial charge >= 0.3 is 0 Å². The molecule has 2 N–H and O–H groups in total. The number of fused-ring (bicyclic) bond motifs is 3. The summed E-state index contributed by atoms with van der Waals surface area (Å²) >= 11 is 0. The molecule has 1 aliphatic carbocycles. The molecule has 140 valence electrons. The van der Waals surface area contributed by atoms with Crippen LogP contribution < -0.4 is 5.73 Å². The Kier molecular flexibility index (Phi) is 4.19. The minimum atomic E-state index is -0.448. The Morgan fingerprint density at radius 2 is 1.39 bits per heavy atom. The maximum absolute atomic E-state index is 12.8. The van der Waals surface area contributed by atoms with Crippen LogP contribution >= 0.6 is 0 Å². The average molecular weight is 369 g/mol. The normalized spacial score (nSPS) is 13.2. The molecule has 0 heterocycles. The number of nitrogens with two attached hydrogens (primary N) is 1. The van der Waals surface area contributed by atoms with E-state index in [9.17, 15) is 9.59 Å². The first-order valence-electron chi connectivity index (χ1n) is 9.56. The second-order valence-corrected chi connectivity index (χ2v) is 8.01. The van der Waals surface area contributed by atoms with Gasteiger partial charge in [0.15, 0.2) is 0 Å². The number of Topliss-reactive ketones (excluding diaryl/α,β-unsaturated/α-hetero) is 2. The number of hydrogen-bond acceptors (Lipinski definition) is 3. The Bertz CT molecular complexity index is 1130. The number of nitrogen functional groups attached to an aromatic ring is 1. The molecule has 0 unspecified atom stereocenters. The van der Waals surface area contributed by atoms with Gasteiger partial charge in [-0.3, -0.25) is 9.59 Å². The van der Waals surface area contributed by atoms with Gasteiger partial charge in [0.05, 0.1) is 0 Å². The Morgan fingerprint density at radius 1 is 0.750 bits per heavy atom. The lowest BCUT2D eigenvalue weighted by atomic mass is 9.77. The Balaban J connectivity index is 1.94. The maximum Gasteiger partial charge on any atom is 0.234 e. The van der Waals surface area contributed by atoms with E-state index >= 15 is 0 Å². The van der Waals surface area contributed by atoms with Gasteiger partial charge in [-0.05, 0) is 57.9 Å². The number of anilines is 1. The minimum absolute atomic E-state index is 0.0363. The fourth-order valence-electron chi connectivity index (χ4n) is 3.88. The molecule has 4 rings (SSSR count). The molecular weight excluding hydrogens is 346 g/mol. The highest BCUT2D eigenvalue weighted by atomic mass is 16.2. The third-order valence-corrected chi connectivity index (χ3v) is 5.90. The lowest BCUT2D eigenvalue weighted by molar-refractivity contribution is 0.0815.